The molecule has 1 aliphatic rings. The Balaban J connectivity index is 0.00000476. The summed E-state index contributed by atoms with van der Waals surface area (Å²) in [5.41, 5.74) is 8.73. The minimum Gasteiger partial charge on any atom is -0.509 e. The number of anilines is 4. The van der Waals surface area contributed by atoms with Crippen LogP contribution >= 0.6 is 0 Å². The zero-order valence-electron chi connectivity index (χ0n) is 35.1. The average molecular weight is 895 g/mol. The summed E-state index contributed by atoms with van der Waals surface area (Å²) in [4.78, 5) is 8.61. The van der Waals surface area contributed by atoms with Crippen LogP contribution in [0.15, 0.2) is 176 Å². The number of benzene rings is 7. The molecule has 1 aliphatic heterocycles. The Morgan fingerprint density at radius 1 is 0.636 bits per heavy atom. The van der Waals surface area contributed by atoms with E-state index in [2.05, 4.69) is 112 Å². The molecule has 0 unspecified atom stereocenters. The van der Waals surface area contributed by atoms with Gasteiger partial charge in [-0.1, -0.05) is 115 Å². The first-order valence-electron chi connectivity index (χ1n) is 20.6. The fraction of sp³-hybridized carbons (Fsp3) is 0.0204. The number of fused-ring (bicyclic) bond motifs is 4. The largest absolute Gasteiger partial charge is 0.509 e. The number of pyridine rings is 1. The molecule has 10 rings (SSSR count). The van der Waals surface area contributed by atoms with Crippen molar-refractivity contribution < 1.29 is 34.0 Å². The molecule has 268 valence electrons. The van der Waals surface area contributed by atoms with Crippen LogP contribution in [-0.4, -0.2) is 9.55 Å². The van der Waals surface area contributed by atoms with Crippen molar-refractivity contribution in [1.29, 1.82) is 0 Å². The second-order valence-electron chi connectivity index (χ2n) is 12.9. The van der Waals surface area contributed by atoms with E-state index < -0.39 is 30.7 Å². The molecule has 9 aromatic rings. The molecule has 3 heterocycles. The molecule has 0 saturated heterocycles. The second kappa shape index (κ2) is 14.4. The molecule has 0 aliphatic carbocycles. The Bertz CT molecular complexity index is 3040. The summed E-state index contributed by atoms with van der Waals surface area (Å²) < 4.78 is 57.9. The third-order valence-corrected chi connectivity index (χ3v) is 9.66. The van der Waals surface area contributed by atoms with Crippen LogP contribution in [0.2, 0.25) is 0 Å². The summed E-state index contributed by atoms with van der Waals surface area (Å²) in [6.07, 6.45) is -0.532. The maximum atomic E-state index is 8.93. The third-order valence-electron chi connectivity index (χ3n) is 9.66. The van der Waals surface area contributed by atoms with Gasteiger partial charge < -0.3 is 19.1 Å². The zero-order valence-corrected chi connectivity index (χ0v) is 31.4. The van der Waals surface area contributed by atoms with Crippen LogP contribution in [0.5, 0.6) is 11.5 Å². The first-order valence-corrected chi connectivity index (χ1v) is 17.6. The van der Waals surface area contributed by atoms with Crippen LogP contribution in [0.4, 0.5) is 22.7 Å². The number of hydrogen-bond acceptors (Lipinski definition) is 4. The van der Waals surface area contributed by atoms with Gasteiger partial charge in [0.2, 0.25) is 0 Å². The van der Waals surface area contributed by atoms with E-state index in [9.17, 15) is 0 Å². The Labute approximate surface area is 343 Å². The van der Waals surface area contributed by atoms with Crippen molar-refractivity contribution in [2.45, 2.75) is 6.85 Å². The van der Waals surface area contributed by atoms with E-state index in [1.54, 1.807) is 10.6 Å². The minimum absolute atomic E-state index is 0. The maximum Gasteiger partial charge on any atom is 0.135 e. The summed E-state index contributed by atoms with van der Waals surface area (Å²) >= 11 is 0. The molecule has 0 spiro atoms. The summed E-state index contributed by atoms with van der Waals surface area (Å²) in [6, 6.07) is 58.2. The average Bonchev–Trinajstić information content (AvgIpc) is 3.81. The van der Waals surface area contributed by atoms with Crippen LogP contribution in [0.3, 0.4) is 0 Å². The van der Waals surface area contributed by atoms with Gasteiger partial charge in [0.1, 0.15) is 5.82 Å². The zero-order chi connectivity index (χ0) is 41.1. The summed E-state index contributed by atoms with van der Waals surface area (Å²) in [6.45, 7) is -0.703. The van der Waals surface area contributed by atoms with E-state index in [1.807, 2.05) is 72.8 Å². The predicted molar refractivity (Wildman–Crippen MR) is 220 cm³/mol. The normalized spacial score (nSPS) is 14.0. The van der Waals surface area contributed by atoms with Gasteiger partial charge in [-0.05, 0) is 59.2 Å². The first-order chi connectivity index (χ1) is 29.2. The van der Waals surface area contributed by atoms with Gasteiger partial charge in [0.15, 0.2) is 0 Å². The third kappa shape index (κ3) is 6.17. The van der Waals surface area contributed by atoms with E-state index in [4.69, 9.17) is 13.0 Å². The molecule has 7 aromatic carbocycles. The van der Waals surface area contributed by atoms with Gasteiger partial charge in [-0.25, -0.2) is 4.98 Å². The monoisotopic (exact) mass is 894 g/mol. The van der Waals surface area contributed by atoms with E-state index in [1.165, 1.54) is 0 Å². The van der Waals surface area contributed by atoms with Gasteiger partial charge in [-0.15, -0.1) is 48.1 Å². The number of aromatic nitrogens is 2. The molecule has 0 bridgehead atoms. The Morgan fingerprint density at radius 3 is 2.04 bits per heavy atom. The SMILES string of the molecule is [2H]c1nc(-n2c3[c-]c(Oc4[c-]c(N5[CH-]N(c6c(-c7ccccc7)cccc6-c6ccccc6)c6ccccc65)ccc4)ccc3c3ccccc32)c([2H])c(C([2H])([2H])[2H])c1[2H].[Pt]. The second-order valence-corrected chi connectivity index (χ2v) is 12.9. The van der Waals surface area contributed by atoms with Gasteiger partial charge in [-0.2, -0.15) is 12.1 Å². The molecular weight excluding hydrogens is 856 g/mol. The number of rotatable bonds is 7. The van der Waals surface area contributed by atoms with E-state index in [0.717, 1.165) is 55.8 Å². The molecule has 55 heavy (non-hydrogen) atoms. The Morgan fingerprint density at radius 2 is 1.29 bits per heavy atom. The van der Waals surface area contributed by atoms with Crippen molar-refractivity contribution in [1.82, 2.24) is 9.55 Å². The van der Waals surface area contributed by atoms with E-state index in [0.29, 0.717) is 22.5 Å². The van der Waals surface area contributed by atoms with Gasteiger partial charge in [0.05, 0.1) is 4.11 Å². The quantitative estimate of drug-likeness (QED) is 0.149. The minimum atomic E-state index is -2.79. The summed E-state index contributed by atoms with van der Waals surface area (Å²) in [5, 5.41) is 1.59. The van der Waals surface area contributed by atoms with Gasteiger partial charge in [0, 0.05) is 76.6 Å². The molecule has 0 amide bonds. The van der Waals surface area contributed by atoms with Crippen molar-refractivity contribution in [3.8, 4) is 39.6 Å². The molecule has 0 fully saturated rings. The smallest absolute Gasteiger partial charge is 0.135 e. The fourth-order valence-electron chi connectivity index (χ4n) is 7.31. The molecule has 2 aromatic heterocycles. The molecule has 0 atom stereocenters. The van der Waals surface area contributed by atoms with Gasteiger partial charge in [0.25, 0.3) is 0 Å². The van der Waals surface area contributed by atoms with Crippen LogP contribution < -0.4 is 14.5 Å². The summed E-state index contributed by atoms with van der Waals surface area (Å²) in [5.74, 6) is 0.704. The van der Waals surface area contributed by atoms with Crippen LogP contribution in [0.25, 0.3) is 49.9 Å². The Kier molecular flexibility index (Phi) is 7.37. The van der Waals surface area contributed by atoms with Crippen LogP contribution in [0.1, 0.15) is 13.8 Å². The van der Waals surface area contributed by atoms with Crippen LogP contribution in [0, 0.1) is 25.7 Å². The van der Waals surface area contributed by atoms with Crippen molar-refractivity contribution in [3.63, 3.8) is 0 Å². The fourth-order valence-corrected chi connectivity index (χ4v) is 7.31. The topological polar surface area (TPSA) is 33.5 Å². The standard InChI is InChI=1S/C49H33N4O.Pt/c1-34-28-29-50-48(30-34)53-44-23-9-8-20-42(44)43-27-26-39(32-47(43)53)54-38-19-12-18-37(31-38)51-33-52(46-25-11-10-24-45(46)51)49-40(35-14-4-2-5-15-35)21-13-22-41(49)36-16-6-3-7-17-36;/h2-30,33H,1H3;/q-3;/i1D3,28D,29D,30D;. The Hall–Kier alpha value is -6.42. The van der Waals surface area contributed by atoms with Crippen LogP contribution in [-0.2, 0) is 21.1 Å². The van der Waals surface area contributed by atoms with E-state index >= 15 is 0 Å². The number of nitrogens with zero attached hydrogens (tertiary/aromatic N) is 4. The van der Waals surface area contributed by atoms with E-state index in [-0.39, 0.29) is 26.9 Å². The van der Waals surface area contributed by atoms with Gasteiger partial charge in [-0.3, -0.25) is 0 Å². The molecule has 0 saturated carbocycles. The van der Waals surface area contributed by atoms with Crippen molar-refractivity contribution in [3.05, 3.63) is 200 Å². The molecule has 0 N–H and O–H groups in total. The molecular formula is C49H33N4OPt-3. The first kappa shape index (κ1) is 28.1. The number of ether oxygens (including phenoxy) is 1. The molecule has 0 radical (unpaired) electrons. The summed E-state index contributed by atoms with van der Waals surface area (Å²) in [7, 11) is 0. The number of hydrogen-bond donors (Lipinski definition) is 0. The van der Waals surface area contributed by atoms with Crippen molar-refractivity contribution >= 4 is 44.6 Å². The molecule has 6 heteroatoms. The van der Waals surface area contributed by atoms with Crippen molar-refractivity contribution in [2.24, 2.45) is 0 Å². The predicted octanol–water partition coefficient (Wildman–Crippen LogP) is 12.6. The maximum absolute atomic E-state index is 8.93. The van der Waals surface area contributed by atoms with Crippen molar-refractivity contribution in [2.75, 3.05) is 9.80 Å². The molecule has 5 nitrogen and oxygen atoms in total. The van der Waals surface area contributed by atoms with Gasteiger partial charge >= 0.3 is 0 Å². The number of para-hydroxylation sites is 4.